The van der Waals surface area contributed by atoms with Crippen molar-refractivity contribution < 1.29 is 19.1 Å². The standard InChI is InChI=1S/C15H19NO4/c1-10-4-5-12(8-11(10)2)13(17)6-7-14(18)16-9-15(19)20-3/h4-5,8H,6-7,9H2,1-3H3,(H,16,18). The maximum atomic E-state index is 11.9. The van der Waals surface area contributed by atoms with Crippen molar-refractivity contribution in [2.24, 2.45) is 0 Å². The van der Waals surface area contributed by atoms with Crippen molar-refractivity contribution in [3.05, 3.63) is 34.9 Å². The molecule has 1 amide bonds. The normalized spacial score (nSPS) is 9.95. The lowest BCUT2D eigenvalue weighted by Crippen LogP contribution is -2.30. The highest BCUT2D eigenvalue weighted by atomic mass is 16.5. The van der Waals surface area contributed by atoms with Crippen molar-refractivity contribution >= 4 is 17.7 Å². The summed E-state index contributed by atoms with van der Waals surface area (Å²) in [6.07, 6.45) is 0.179. The van der Waals surface area contributed by atoms with E-state index in [1.807, 2.05) is 26.0 Å². The number of hydrogen-bond acceptors (Lipinski definition) is 4. The van der Waals surface area contributed by atoms with Gasteiger partial charge in [0.25, 0.3) is 0 Å². The van der Waals surface area contributed by atoms with Crippen LogP contribution in [0.3, 0.4) is 0 Å². The van der Waals surface area contributed by atoms with Crippen molar-refractivity contribution in [3.8, 4) is 0 Å². The van der Waals surface area contributed by atoms with Crippen molar-refractivity contribution in [3.63, 3.8) is 0 Å². The summed E-state index contributed by atoms with van der Waals surface area (Å²) >= 11 is 0. The molecule has 0 aliphatic carbocycles. The zero-order valence-electron chi connectivity index (χ0n) is 12.0. The number of carbonyl (C=O) groups is 3. The van der Waals surface area contributed by atoms with Gasteiger partial charge in [0.15, 0.2) is 5.78 Å². The van der Waals surface area contributed by atoms with E-state index in [0.717, 1.165) is 11.1 Å². The highest BCUT2D eigenvalue weighted by Gasteiger charge is 2.11. The Morgan fingerprint density at radius 1 is 1.10 bits per heavy atom. The fraction of sp³-hybridized carbons (Fsp3) is 0.400. The third kappa shape index (κ3) is 4.84. The molecule has 1 rings (SSSR count). The minimum absolute atomic E-state index is 0.0583. The SMILES string of the molecule is COC(=O)CNC(=O)CCC(=O)c1ccc(C)c(C)c1. The third-order valence-corrected chi connectivity index (χ3v) is 3.07. The molecular formula is C15H19NO4. The van der Waals surface area contributed by atoms with E-state index in [2.05, 4.69) is 10.1 Å². The van der Waals surface area contributed by atoms with Gasteiger partial charge in [-0.3, -0.25) is 14.4 Å². The van der Waals surface area contributed by atoms with Gasteiger partial charge in [-0.1, -0.05) is 12.1 Å². The van der Waals surface area contributed by atoms with E-state index < -0.39 is 5.97 Å². The van der Waals surface area contributed by atoms with E-state index in [-0.39, 0.29) is 31.1 Å². The number of benzene rings is 1. The van der Waals surface area contributed by atoms with Crippen LogP contribution in [-0.4, -0.2) is 31.3 Å². The van der Waals surface area contributed by atoms with E-state index in [0.29, 0.717) is 5.56 Å². The van der Waals surface area contributed by atoms with Crippen LogP contribution >= 0.6 is 0 Å². The first-order valence-corrected chi connectivity index (χ1v) is 6.38. The number of aryl methyl sites for hydroxylation is 2. The van der Waals surface area contributed by atoms with Gasteiger partial charge in [-0.2, -0.15) is 0 Å². The number of amides is 1. The molecule has 5 nitrogen and oxygen atoms in total. The highest BCUT2D eigenvalue weighted by molar-refractivity contribution is 5.98. The summed E-state index contributed by atoms with van der Waals surface area (Å²) in [7, 11) is 1.25. The molecule has 0 aliphatic heterocycles. The summed E-state index contributed by atoms with van der Waals surface area (Å²) in [5, 5.41) is 2.39. The lowest BCUT2D eigenvalue weighted by atomic mass is 10.0. The quantitative estimate of drug-likeness (QED) is 0.632. The second-order valence-corrected chi connectivity index (χ2v) is 4.58. The molecule has 1 N–H and O–H groups in total. The Labute approximate surface area is 118 Å². The highest BCUT2D eigenvalue weighted by Crippen LogP contribution is 2.12. The summed E-state index contributed by atoms with van der Waals surface area (Å²) in [6, 6.07) is 5.47. The molecule has 0 unspecified atom stereocenters. The molecule has 1 aromatic carbocycles. The Kier molecular flexibility index (Phi) is 5.90. The summed E-state index contributed by atoms with van der Waals surface area (Å²) < 4.78 is 4.40. The summed E-state index contributed by atoms with van der Waals surface area (Å²) in [5.74, 6) is -0.937. The van der Waals surface area contributed by atoms with Gasteiger partial charge < -0.3 is 10.1 Å². The van der Waals surface area contributed by atoms with Crippen LogP contribution in [0.2, 0.25) is 0 Å². The van der Waals surface area contributed by atoms with Crippen LogP contribution in [0.15, 0.2) is 18.2 Å². The fourth-order valence-corrected chi connectivity index (χ4v) is 1.62. The Morgan fingerprint density at radius 2 is 1.80 bits per heavy atom. The van der Waals surface area contributed by atoms with Crippen LogP contribution in [0.5, 0.6) is 0 Å². The molecule has 0 spiro atoms. The molecule has 0 bridgehead atoms. The zero-order chi connectivity index (χ0) is 15.1. The van der Waals surface area contributed by atoms with E-state index in [4.69, 9.17) is 0 Å². The molecule has 0 fully saturated rings. The number of rotatable bonds is 6. The van der Waals surface area contributed by atoms with Crippen molar-refractivity contribution in [2.45, 2.75) is 26.7 Å². The number of ether oxygens (including phenoxy) is 1. The Morgan fingerprint density at radius 3 is 2.40 bits per heavy atom. The zero-order valence-corrected chi connectivity index (χ0v) is 12.0. The summed E-state index contributed by atoms with van der Waals surface area (Å²) in [4.78, 5) is 34.2. The van der Waals surface area contributed by atoms with Gasteiger partial charge in [-0.25, -0.2) is 0 Å². The van der Waals surface area contributed by atoms with Gasteiger partial charge in [0.1, 0.15) is 6.54 Å². The van der Waals surface area contributed by atoms with E-state index in [9.17, 15) is 14.4 Å². The summed E-state index contributed by atoms with van der Waals surface area (Å²) in [6.45, 7) is 3.74. The third-order valence-electron chi connectivity index (χ3n) is 3.07. The average Bonchev–Trinajstić information content (AvgIpc) is 2.44. The smallest absolute Gasteiger partial charge is 0.325 e. The predicted octanol–water partition coefficient (Wildman–Crippen LogP) is 1.56. The van der Waals surface area contributed by atoms with Gasteiger partial charge in [-0.05, 0) is 31.0 Å². The number of ketones is 1. The van der Waals surface area contributed by atoms with E-state index >= 15 is 0 Å². The van der Waals surface area contributed by atoms with Crippen LogP contribution in [0.25, 0.3) is 0 Å². The topological polar surface area (TPSA) is 72.5 Å². The van der Waals surface area contributed by atoms with Gasteiger partial charge in [-0.15, -0.1) is 0 Å². The number of esters is 1. The van der Waals surface area contributed by atoms with Gasteiger partial charge in [0.05, 0.1) is 7.11 Å². The first-order valence-electron chi connectivity index (χ1n) is 6.38. The van der Waals surface area contributed by atoms with Gasteiger partial charge in [0.2, 0.25) is 5.91 Å². The Balaban J connectivity index is 2.44. The first-order chi connectivity index (χ1) is 9.43. The first kappa shape index (κ1) is 15.9. The molecule has 108 valence electrons. The molecule has 0 saturated carbocycles. The average molecular weight is 277 g/mol. The van der Waals surface area contributed by atoms with Crippen molar-refractivity contribution in [1.82, 2.24) is 5.32 Å². The van der Waals surface area contributed by atoms with Crippen LogP contribution < -0.4 is 5.32 Å². The second-order valence-electron chi connectivity index (χ2n) is 4.58. The van der Waals surface area contributed by atoms with Crippen LogP contribution in [-0.2, 0) is 14.3 Å². The number of nitrogens with one attached hydrogen (secondary N) is 1. The monoisotopic (exact) mass is 277 g/mol. The molecule has 0 atom stereocenters. The van der Waals surface area contributed by atoms with Gasteiger partial charge >= 0.3 is 5.97 Å². The fourth-order valence-electron chi connectivity index (χ4n) is 1.62. The number of methoxy groups -OCH3 is 1. The van der Waals surface area contributed by atoms with Crippen molar-refractivity contribution in [1.29, 1.82) is 0 Å². The molecule has 0 saturated heterocycles. The van der Waals surface area contributed by atoms with Crippen LogP contribution in [0.1, 0.15) is 34.3 Å². The molecule has 5 heteroatoms. The molecule has 1 aromatic rings. The van der Waals surface area contributed by atoms with Crippen LogP contribution in [0.4, 0.5) is 0 Å². The molecule has 0 radical (unpaired) electrons. The van der Waals surface area contributed by atoms with Crippen LogP contribution in [0, 0.1) is 13.8 Å². The Bertz CT molecular complexity index is 523. The maximum Gasteiger partial charge on any atom is 0.325 e. The number of Topliss-reactive ketones (excluding diaryl/α,β-unsaturated/α-hetero) is 1. The van der Waals surface area contributed by atoms with E-state index in [1.165, 1.54) is 7.11 Å². The van der Waals surface area contributed by atoms with Gasteiger partial charge in [0, 0.05) is 18.4 Å². The predicted molar refractivity (Wildman–Crippen MR) is 74.5 cm³/mol. The lowest BCUT2D eigenvalue weighted by molar-refractivity contribution is -0.141. The lowest BCUT2D eigenvalue weighted by Gasteiger charge is -2.05. The Hall–Kier alpha value is -2.17. The largest absolute Gasteiger partial charge is 0.468 e. The number of carbonyl (C=O) groups excluding carboxylic acids is 3. The van der Waals surface area contributed by atoms with E-state index in [1.54, 1.807) is 6.07 Å². The number of hydrogen-bond donors (Lipinski definition) is 1. The maximum absolute atomic E-state index is 11.9. The molecular weight excluding hydrogens is 258 g/mol. The molecule has 0 aromatic heterocycles. The minimum atomic E-state index is -0.515. The molecule has 0 aliphatic rings. The molecule has 0 heterocycles. The molecule has 20 heavy (non-hydrogen) atoms. The summed E-state index contributed by atoms with van der Waals surface area (Å²) in [5.41, 5.74) is 2.78. The second kappa shape index (κ2) is 7.43. The minimum Gasteiger partial charge on any atom is -0.468 e. The van der Waals surface area contributed by atoms with Crippen molar-refractivity contribution in [2.75, 3.05) is 13.7 Å².